The lowest BCUT2D eigenvalue weighted by Crippen LogP contribution is -3.06. The molecule has 0 amide bonds. The van der Waals surface area contributed by atoms with Gasteiger partial charge < -0.3 is 16.0 Å². The molecule has 0 saturated carbocycles. The fourth-order valence-corrected chi connectivity index (χ4v) is 1.93. The van der Waals surface area contributed by atoms with Gasteiger partial charge in [0.25, 0.3) is 0 Å². The molecule has 0 radical (unpaired) electrons. The summed E-state index contributed by atoms with van der Waals surface area (Å²) in [7, 11) is 4.27. The molecule has 1 aromatic heterocycles. The van der Waals surface area contributed by atoms with E-state index in [4.69, 9.17) is 18.0 Å². The maximum Gasteiger partial charge on any atom is 0.168 e. The largest absolute Gasteiger partial charge is 0.376 e. The minimum atomic E-state index is 0.276. The van der Waals surface area contributed by atoms with E-state index in [-0.39, 0.29) is 5.11 Å². The van der Waals surface area contributed by atoms with Crippen LogP contribution in [0.1, 0.15) is 0 Å². The molecule has 0 bridgehead atoms. The molecule has 6 heteroatoms. The number of fused-ring (bicyclic) bond motifs is 1. The summed E-state index contributed by atoms with van der Waals surface area (Å²) in [4.78, 5) is 1.41. The first-order chi connectivity index (χ1) is 8.56. The van der Waals surface area contributed by atoms with Crippen LogP contribution in [0.25, 0.3) is 10.9 Å². The van der Waals surface area contributed by atoms with Crippen LogP contribution in [0, 0.1) is 0 Å². The van der Waals surface area contributed by atoms with Gasteiger partial charge >= 0.3 is 0 Å². The number of hydrogen-bond donors (Lipinski definition) is 3. The fraction of sp³-hybridized carbons (Fsp3) is 0.333. The van der Waals surface area contributed by atoms with E-state index in [0.29, 0.717) is 0 Å². The number of rotatable bonds is 4. The van der Waals surface area contributed by atoms with Gasteiger partial charge in [0.2, 0.25) is 0 Å². The Balaban J connectivity index is 2.23. The zero-order valence-electron chi connectivity index (χ0n) is 10.6. The minimum absolute atomic E-state index is 0.276. The summed E-state index contributed by atoms with van der Waals surface area (Å²) in [6, 6.07) is 6.00. The molecule has 0 spiro atoms. The second kappa shape index (κ2) is 5.32. The summed E-state index contributed by atoms with van der Waals surface area (Å²) >= 11 is 4.82. The molecule has 2 aromatic rings. The van der Waals surface area contributed by atoms with E-state index in [2.05, 4.69) is 24.5 Å². The molecule has 4 N–H and O–H groups in total. The van der Waals surface area contributed by atoms with Gasteiger partial charge in [0.05, 0.1) is 38.9 Å². The Hall–Kier alpha value is -1.66. The van der Waals surface area contributed by atoms with E-state index in [0.717, 1.165) is 29.7 Å². The molecule has 0 fully saturated rings. The maximum absolute atomic E-state index is 5.45. The average molecular weight is 264 g/mol. The summed E-state index contributed by atoms with van der Waals surface area (Å²) in [5.74, 6) is 0. The molecule has 0 aliphatic heterocycles. The van der Waals surface area contributed by atoms with E-state index in [1.54, 1.807) is 0 Å². The Morgan fingerprint density at radius 2 is 2.28 bits per heavy atom. The van der Waals surface area contributed by atoms with Gasteiger partial charge in [0.1, 0.15) is 0 Å². The van der Waals surface area contributed by atoms with Crippen LogP contribution in [-0.4, -0.2) is 35.5 Å². The molecule has 1 heterocycles. The molecule has 96 valence electrons. The number of benzene rings is 1. The fourth-order valence-electron chi connectivity index (χ4n) is 1.81. The summed E-state index contributed by atoms with van der Waals surface area (Å²) in [6.07, 6.45) is 1.87. The van der Waals surface area contributed by atoms with Crippen molar-refractivity contribution >= 4 is 33.9 Å². The quantitative estimate of drug-likeness (QED) is 0.672. The first kappa shape index (κ1) is 12.8. The van der Waals surface area contributed by atoms with Crippen LogP contribution in [0.15, 0.2) is 24.4 Å². The summed E-state index contributed by atoms with van der Waals surface area (Å²) < 4.78 is 2.02. The number of likely N-dealkylation sites (N-methyl/N-ethyl adjacent to an activating group) is 1. The number of anilines is 1. The maximum atomic E-state index is 5.45. The number of hydrogen-bond acceptors (Lipinski definition) is 2. The molecule has 2 rings (SSSR count). The molecular formula is C12H18N5S+. The van der Waals surface area contributed by atoms with Crippen molar-refractivity contribution in [1.82, 2.24) is 9.78 Å². The standard InChI is InChI=1S/C12H17N5S/c1-16(2)5-6-17-11-4-3-10(15-12(13)18)7-9(11)8-14-17/h3-4,7-8H,5-6H2,1-2H3,(H3,13,15,18)/p+1. The lowest BCUT2D eigenvalue weighted by molar-refractivity contribution is -0.859. The van der Waals surface area contributed by atoms with Crippen molar-refractivity contribution in [3.8, 4) is 0 Å². The Morgan fingerprint density at radius 3 is 2.94 bits per heavy atom. The third-order valence-corrected chi connectivity index (χ3v) is 2.84. The van der Waals surface area contributed by atoms with E-state index >= 15 is 0 Å². The second-order valence-corrected chi connectivity index (χ2v) is 5.03. The third kappa shape index (κ3) is 2.96. The van der Waals surface area contributed by atoms with Crippen molar-refractivity contribution < 1.29 is 4.90 Å². The monoisotopic (exact) mass is 264 g/mol. The molecule has 18 heavy (non-hydrogen) atoms. The predicted molar refractivity (Wildman–Crippen MR) is 77.8 cm³/mol. The van der Waals surface area contributed by atoms with Gasteiger partial charge in [-0.2, -0.15) is 5.10 Å². The first-order valence-electron chi connectivity index (χ1n) is 5.87. The van der Waals surface area contributed by atoms with Gasteiger partial charge in [-0.15, -0.1) is 0 Å². The van der Waals surface area contributed by atoms with Crippen molar-refractivity contribution in [1.29, 1.82) is 0 Å². The Labute approximate surface area is 112 Å². The van der Waals surface area contributed by atoms with Crippen molar-refractivity contribution in [2.45, 2.75) is 6.54 Å². The van der Waals surface area contributed by atoms with Gasteiger partial charge in [0, 0.05) is 11.1 Å². The van der Waals surface area contributed by atoms with Crippen LogP contribution in [0.5, 0.6) is 0 Å². The van der Waals surface area contributed by atoms with E-state index in [9.17, 15) is 0 Å². The highest BCUT2D eigenvalue weighted by Crippen LogP contribution is 2.18. The Kier molecular flexibility index (Phi) is 3.78. The third-order valence-electron chi connectivity index (χ3n) is 2.73. The van der Waals surface area contributed by atoms with Crippen LogP contribution in [0.2, 0.25) is 0 Å². The molecule has 0 atom stereocenters. The van der Waals surface area contributed by atoms with Gasteiger partial charge in [-0.05, 0) is 30.4 Å². The summed E-state index contributed by atoms with van der Waals surface area (Å²) in [6.45, 7) is 1.96. The molecule has 5 nitrogen and oxygen atoms in total. The zero-order chi connectivity index (χ0) is 13.1. The molecule has 1 aromatic carbocycles. The molecule has 0 aliphatic carbocycles. The van der Waals surface area contributed by atoms with Crippen LogP contribution >= 0.6 is 12.2 Å². The van der Waals surface area contributed by atoms with Crippen molar-refractivity contribution in [2.24, 2.45) is 5.73 Å². The second-order valence-electron chi connectivity index (χ2n) is 4.59. The van der Waals surface area contributed by atoms with Crippen LogP contribution in [-0.2, 0) is 6.54 Å². The molecule has 0 aliphatic rings. The van der Waals surface area contributed by atoms with E-state index in [1.807, 2.05) is 29.1 Å². The van der Waals surface area contributed by atoms with Gasteiger partial charge in [-0.3, -0.25) is 4.68 Å². The summed E-state index contributed by atoms with van der Waals surface area (Å²) in [5, 5.41) is 8.69. The lowest BCUT2D eigenvalue weighted by Gasteiger charge is -2.08. The van der Waals surface area contributed by atoms with Crippen LogP contribution in [0.4, 0.5) is 5.69 Å². The predicted octanol–water partition coefficient (Wildman–Crippen LogP) is -0.164. The number of aromatic nitrogens is 2. The van der Waals surface area contributed by atoms with E-state index < -0.39 is 0 Å². The number of nitrogens with zero attached hydrogens (tertiary/aromatic N) is 2. The first-order valence-corrected chi connectivity index (χ1v) is 6.28. The highest BCUT2D eigenvalue weighted by molar-refractivity contribution is 7.80. The van der Waals surface area contributed by atoms with Crippen LogP contribution < -0.4 is 16.0 Å². The number of quaternary nitrogens is 1. The molecule has 0 saturated heterocycles. The summed E-state index contributed by atoms with van der Waals surface area (Å²) in [5.41, 5.74) is 7.48. The van der Waals surface area contributed by atoms with Crippen molar-refractivity contribution in [3.05, 3.63) is 24.4 Å². The van der Waals surface area contributed by atoms with Crippen molar-refractivity contribution in [3.63, 3.8) is 0 Å². The average Bonchev–Trinajstić information content (AvgIpc) is 2.68. The van der Waals surface area contributed by atoms with Crippen molar-refractivity contribution in [2.75, 3.05) is 26.0 Å². The Morgan fingerprint density at radius 1 is 1.50 bits per heavy atom. The van der Waals surface area contributed by atoms with Gasteiger partial charge in [-0.25, -0.2) is 0 Å². The molecular weight excluding hydrogens is 246 g/mol. The van der Waals surface area contributed by atoms with Gasteiger partial charge in [0.15, 0.2) is 5.11 Å². The number of nitrogens with two attached hydrogens (primary N) is 1. The smallest absolute Gasteiger partial charge is 0.168 e. The number of nitrogens with one attached hydrogen (secondary N) is 2. The SMILES string of the molecule is C[NH+](C)CCn1ncc2cc(NC(N)=S)ccc21. The zero-order valence-corrected chi connectivity index (χ0v) is 11.4. The minimum Gasteiger partial charge on any atom is -0.376 e. The van der Waals surface area contributed by atoms with Gasteiger partial charge in [-0.1, -0.05) is 0 Å². The number of thiocarbonyl (C=S) groups is 1. The normalized spacial score (nSPS) is 11.1. The lowest BCUT2D eigenvalue weighted by atomic mass is 10.2. The highest BCUT2D eigenvalue weighted by Gasteiger charge is 2.05. The topological polar surface area (TPSA) is 60.3 Å². The molecule has 0 unspecified atom stereocenters. The van der Waals surface area contributed by atoms with E-state index in [1.165, 1.54) is 4.90 Å². The van der Waals surface area contributed by atoms with Crippen LogP contribution in [0.3, 0.4) is 0 Å². The highest BCUT2D eigenvalue weighted by atomic mass is 32.1. The Bertz CT molecular complexity index is 561.